The normalized spacial score (nSPS) is 11.8. The van der Waals surface area contributed by atoms with E-state index in [1.807, 2.05) is 66.7 Å². The Morgan fingerprint density at radius 2 is 1.59 bits per heavy atom. The molecule has 2 heterocycles. The molecular weight excluding hydrogens is 511 g/mol. The molecule has 5 nitrogen and oxygen atoms in total. The molecule has 0 aliphatic rings. The third kappa shape index (κ3) is 4.00. The second-order valence-corrected chi connectivity index (χ2v) is 10.1. The van der Waals surface area contributed by atoms with Crippen LogP contribution in [0.4, 0.5) is 10.1 Å². The van der Waals surface area contributed by atoms with Crippen LogP contribution < -0.4 is 0 Å². The molecule has 0 aliphatic carbocycles. The molecule has 0 saturated heterocycles. The number of aromatic nitrogens is 1. The van der Waals surface area contributed by atoms with Gasteiger partial charge in [0.05, 0.1) is 15.9 Å². The zero-order chi connectivity index (χ0) is 26.5. The summed E-state index contributed by atoms with van der Waals surface area (Å²) in [4.78, 5) is 9.53. The van der Waals surface area contributed by atoms with Gasteiger partial charge in [0, 0.05) is 39.2 Å². The molecular formula is C32H19FN2O3S. The maximum Gasteiger partial charge on any atom is 0.143 e. The summed E-state index contributed by atoms with van der Waals surface area (Å²) < 4.78 is 20.8. The van der Waals surface area contributed by atoms with Crippen LogP contribution in [0.15, 0.2) is 106 Å². The summed E-state index contributed by atoms with van der Waals surface area (Å²) in [6, 6.07) is 28.5. The average Bonchev–Trinajstić information content (AvgIpc) is 3.55. The smallest absolute Gasteiger partial charge is 0.143 e. The van der Waals surface area contributed by atoms with Crippen molar-refractivity contribution in [2.24, 2.45) is 4.99 Å². The molecule has 0 bridgehead atoms. The summed E-state index contributed by atoms with van der Waals surface area (Å²) in [6.07, 6.45) is 1.43. The Morgan fingerprint density at radius 3 is 2.51 bits per heavy atom. The monoisotopic (exact) mass is 530 g/mol. The number of phenols is 2. The van der Waals surface area contributed by atoms with Crippen molar-refractivity contribution < 1.29 is 19.0 Å². The summed E-state index contributed by atoms with van der Waals surface area (Å²) in [7, 11) is 0. The van der Waals surface area contributed by atoms with Crippen molar-refractivity contribution in [1.29, 1.82) is 0 Å². The Kier molecular flexibility index (Phi) is 5.38. The molecule has 0 amide bonds. The highest BCUT2D eigenvalue weighted by Crippen LogP contribution is 2.43. The Morgan fingerprint density at radius 1 is 0.795 bits per heavy atom. The molecule has 2 aromatic heterocycles. The number of nitrogens with zero attached hydrogens (tertiary/aromatic N) is 2. The van der Waals surface area contributed by atoms with E-state index >= 15 is 0 Å². The van der Waals surface area contributed by atoms with Gasteiger partial charge in [-0.05, 0) is 48.5 Å². The molecule has 0 unspecified atom stereocenters. The molecule has 0 radical (unpaired) electrons. The number of fused-ring (bicyclic) bond motifs is 4. The molecule has 188 valence electrons. The van der Waals surface area contributed by atoms with E-state index in [-0.39, 0.29) is 17.1 Å². The van der Waals surface area contributed by atoms with Crippen LogP contribution in [-0.4, -0.2) is 21.4 Å². The second kappa shape index (κ2) is 9.08. The van der Waals surface area contributed by atoms with Crippen molar-refractivity contribution in [1.82, 2.24) is 4.98 Å². The number of phenolic OH excluding ortho intramolecular Hbond substituents is 2. The SMILES string of the molecule is Oc1cc(-c2cccc3c2oc2ccccc23)c2nc(-c3ccccc3/N=C/c3cc(F)ccc3O)sc2c1. The van der Waals surface area contributed by atoms with Crippen LogP contribution in [-0.2, 0) is 0 Å². The van der Waals surface area contributed by atoms with Crippen LogP contribution in [0.1, 0.15) is 5.56 Å². The first-order valence-corrected chi connectivity index (χ1v) is 13.0. The van der Waals surface area contributed by atoms with Crippen molar-refractivity contribution >= 4 is 55.4 Å². The quantitative estimate of drug-likeness (QED) is 0.223. The fourth-order valence-corrected chi connectivity index (χ4v) is 5.89. The van der Waals surface area contributed by atoms with E-state index in [0.29, 0.717) is 10.7 Å². The van der Waals surface area contributed by atoms with Crippen LogP contribution in [0.5, 0.6) is 11.5 Å². The van der Waals surface area contributed by atoms with Crippen molar-refractivity contribution in [3.8, 4) is 33.2 Å². The first kappa shape index (κ1) is 23.1. The maximum absolute atomic E-state index is 13.7. The molecule has 7 heteroatoms. The van der Waals surface area contributed by atoms with E-state index < -0.39 is 5.82 Å². The lowest BCUT2D eigenvalue weighted by Crippen LogP contribution is -1.85. The molecule has 0 fully saturated rings. The van der Waals surface area contributed by atoms with Crippen LogP contribution in [0.25, 0.3) is 53.9 Å². The molecule has 7 aromatic rings. The second-order valence-electron chi connectivity index (χ2n) is 9.12. The molecule has 0 aliphatic heterocycles. The molecule has 7 rings (SSSR count). The van der Waals surface area contributed by atoms with Gasteiger partial charge < -0.3 is 14.6 Å². The Labute approximate surface area is 225 Å². The standard InChI is InChI=1S/C32H19FN2O3S/c33-19-12-13-27(37)18(14-19)17-34-26-10-3-1-7-24(26)32-35-30-25(15-20(36)16-29(30)39-32)23-9-5-8-22-21-6-2-4-11-28(21)38-31(22)23/h1-17,36-37H/b34-17+. The number of rotatable bonds is 4. The van der Waals surface area contributed by atoms with Gasteiger partial charge in [-0.3, -0.25) is 4.99 Å². The highest BCUT2D eigenvalue weighted by molar-refractivity contribution is 7.21. The average molecular weight is 531 g/mol. The van der Waals surface area contributed by atoms with E-state index in [2.05, 4.69) is 4.99 Å². The summed E-state index contributed by atoms with van der Waals surface area (Å²) in [5.41, 5.74) is 5.55. The van der Waals surface area contributed by atoms with Crippen LogP contribution in [0, 0.1) is 5.82 Å². The predicted molar refractivity (Wildman–Crippen MR) is 155 cm³/mol. The number of halogens is 1. The van der Waals surface area contributed by atoms with Gasteiger partial charge in [-0.25, -0.2) is 9.37 Å². The number of aromatic hydroxyl groups is 2. The Bertz CT molecular complexity index is 2080. The molecule has 5 aromatic carbocycles. The maximum atomic E-state index is 13.7. The number of furan rings is 1. The molecule has 39 heavy (non-hydrogen) atoms. The lowest BCUT2D eigenvalue weighted by molar-refractivity contribution is 0.472. The van der Waals surface area contributed by atoms with Crippen molar-refractivity contribution in [2.45, 2.75) is 0 Å². The lowest BCUT2D eigenvalue weighted by Gasteiger charge is -2.05. The molecule has 2 N–H and O–H groups in total. The number of hydrogen-bond acceptors (Lipinski definition) is 6. The minimum atomic E-state index is -0.458. The van der Waals surface area contributed by atoms with Crippen molar-refractivity contribution in [3.05, 3.63) is 108 Å². The van der Waals surface area contributed by atoms with Crippen LogP contribution in [0.2, 0.25) is 0 Å². The fourth-order valence-electron chi connectivity index (χ4n) is 4.83. The molecule has 0 atom stereocenters. The van der Waals surface area contributed by atoms with E-state index in [1.165, 1.54) is 35.8 Å². The highest BCUT2D eigenvalue weighted by Gasteiger charge is 2.18. The first-order valence-electron chi connectivity index (χ1n) is 12.2. The van der Waals surface area contributed by atoms with E-state index in [1.54, 1.807) is 12.1 Å². The van der Waals surface area contributed by atoms with Gasteiger partial charge in [-0.15, -0.1) is 11.3 Å². The van der Waals surface area contributed by atoms with E-state index in [0.717, 1.165) is 48.8 Å². The molecule has 0 spiro atoms. The third-order valence-electron chi connectivity index (χ3n) is 6.64. The summed E-state index contributed by atoms with van der Waals surface area (Å²) in [6.45, 7) is 0. The first-order chi connectivity index (χ1) is 19.0. The third-order valence-corrected chi connectivity index (χ3v) is 7.68. The zero-order valence-electron chi connectivity index (χ0n) is 20.3. The predicted octanol–water partition coefficient (Wildman–Crippen LogP) is 8.83. The van der Waals surface area contributed by atoms with Crippen molar-refractivity contribution in [2.75, 3.05) is 0 Å². The van der Waals surface area contributed by atoms with Gasteiger partial charge in [0.25, 0.3) is 0 Å². The highest BCUT2D eigenvalue weighted by atomic mass is 32.1. The number of para-hydroxylation sites is 3. The van der Waals surface area contributed by atoms with Crippen molar-refractivity contribution in [3.63, 3.8) is 0 Å². The topological polar surface area (TPSA) is 78.9 Å². The Hall–Kier alpha value is -5.01. The minimum absolute atomic E-state index is 0.0579. The van der Waals surface area contributed by atoms with Gasteiger partial charge in [0.2, 0.25) is 0 Å². The summed E-state index contributed by atoms with van der Waals surface area (Å²) >= 11 is 1.44. The number of benzene rings is 5. The van der Waals surface area contributed by atoms with Gasteiger partial charge >= 0.3 is 0 Å². The van der Waals surface area contributed by atoms with Gasteiger partial charge in [-0.1, -0.05) is 48.5 Å². The fraction of sp³-hybridized carbons (Fsp3) is 0. The van der Waals surface area contributed by atoms with E-state index in [9.17, 15) is 14.6 Å². The summed E-state index contributed by atoms with van der Waals surface area (Å²) in [5, 5.41) is 23.5. The van der Waals surface area contributed by atoms with Gasteiger partial charge in [-0.2, -0.15) is 0 Å². The van der Waals surface area contributed by atoms with Crippen LogP contribution in [0.3, 0.4) is 0 Å². The molecule has 0 saturated carbocycles. The lowest BCUT2D eigenvalue weighted by atomic mass is 10.0. The number of thiazole rings is 1. The van der Waals surface area contributed by atoms with Gasteiger partial charge in [0.15, 0.2) is 0 Å². The number of hydrogen-bond donors (Lipinski definition) is 2. The summed E-state index contributed by atoms with van der Waals surface area (Å²) in [5.74, 6) is -0.383. The van der Waals surface area contributed by atoms with E-state index in [4.69, 9.17) is 9.40 Å². The van der Waals surface area contributed by atoms with Crippen LogP contribution >= 0.6 is 11.3 Å². The largest absolute Gasteiger partial charge is 0.508 e. The zero-order valence-corrected chi connectivity index (χ0v) is 21.1. The van der Waals surface area contributed by atoms with Gasteiger partial charge in [0.1, 0.15) is 33.5 Å². The minimum Gasteiger partial charge on any atom is -0.508 e. The Balaban J connectivity index is 1.38. The number of aliphatic imine (C=N–C) groups is 1.